The maximum atomic E-state index is 13.3. The number of nitrogens with zero attached hydrogens (tertiary/aromatic N) is 1. The van der Waals surface area contributed by atoms with Gasteiger partial charge >= 0.3 is 0 Å². The number of carbonyl (C=O) groups excluding carboxylic acids is 1. The smallest absolute Gasteiger partial charge is 0.231 e. The van der Waals surface area contributed by atoms with Crippen molar-refractivity contribution < 1.29 is 9.53 Å². The lowest BCUT2D eigenvalue weighted by Crippen LogP contribution is -2.47. The summed E-state index contributed by atoms with van der Waals surface area (Å²) in [6.07, 6.45) is 4.12. The van der Waals surface area contributed by atoms with E-state index in [1.165, 1.54) is 31.5 Å². The van der Waals surface area contributed by atoms with Crippen molar-refractivity contribution in [3.63, 3.8) is 0 Å². The van der Waals surface area contributed by atoms with E-state index in [2.05, 4.69) is 53.5 Å². The fourth-order valence-corrected chi connectivity index (χ4v) is 4.93. The van der Waals surface area contributed by atoms with Crippen molar-refractivity contribution in [1.82, 2.24) is 10.2 Å². The minimum absolute atomic E-state index is 0.114. The Morgan fingerprint density at radius 3 is 2.47 bits per heavy atom. The summed E-state index contributed by atoms with van der Waals surface area (Å²) in [5.74, 6) is 0.915. The maximum Gasteiger partial charge on any atom is 0.231 e. The number of hydrogen-bond donors (Lipinski definition) is 1. The van der Waals surface area contributed by atoms with Crippen LogP contribution in [0.25, 0.3) is 0 Å². The number of ether oxygens (including phenoxy) is 1. The molecule has 1 unspecified atom stereocenters. The molecular formula is C26H34N2O2. The largest absolute Gasteiger partial charge is 0.381 e. The predicted octanol–water partition coefficient (Wildman–Crippen LogP) is 4.28. The quantitative estimate of drug-likeness (QED) is 0.778. The van der Waals surface area contributed by atoms with Gasteiger partial charge in [0.25, 0.3) is 0 Å². The summed E-state index contributed by atoms with van der Waals surface area (Å²) in [6.45, 7) is 7.59. The lowest BCUT2D eigenvalue weighted by molar-refractivity contribution is -0.130. The molecule has 4 nitrogen and oxygen atoms in total. The first-order chi connectivity index (χ1) is 14.7. The third-order valence-corrected chi connectivity index (χ3v) is 6.73. The van der Waals surface area contributed by atoms with Gasteiger partial charge in [-0.1, -0.05) is 61.5 Å². The molecule has 0 radical (unpaired) electrons. The van der Waals surface area contributed by atoms with Crippen molar-refractivity contribution in [3.8, 4) is 0 Å². The molecule has 1 N–H and O–H groups in total. The molecule has 1 atom stereocenters. The minimum atomic E-state index is -0.482. The number of benzene rings is 2. The van der Waals surface area contributed by atoms with Gasteiger partial charge in [0.05, 0.1) is 5.41 Å². The van der Waals surface area contributed by atoms with Crippen LogP contribution in [-0.2, 0) is 28.0 Å². The first kappa shape index (κ1) is 21.1. The van der Waals surface area contributed by atoms with Crippen molar-refractivity contribution in [2.45, 2.75) is 51.1 Å². The average Bonchev–Trinajstić information content (AvgIpc) is 2.79. The first-order valence-electron chi connectivity index (χ1n) is 11.4. The van der Waals surface area contributed by atoms with Crippen LogP contribution in [-0.4, -0.2) is 37.1 Å². The van der Waals surface area contributed by atoms with Crippen LogP contribution in [0.4, 0.5) is 0 Å². The van der Waals surface area contributed by atoms with E-state index < -0.39 is 5.41 Å². The molecule has 2 aromatic carbocycles. The van der Waals surface area contributed by atoms with Crippen molar-refractivity contribution in [2.24, 2.45) is 5.92 Å². The van der Waals surface area contributed by atoms with Gasteiger partial charge in [0.2, 0.25) is 5.91 Å². The highest BCUT2D eigenvalue weighted by Gasteiger charge is 2.41. The Labute approximate surface area is 180 Å². The second-order valence-electron chi connectivity index (χ2n) is 9.04. The van der Waals surface area contributed by atoms with Crippen molar-refractivity contribution >= 4 is 5.91 Å². The molecule has 0 saturated carbocycles. The summed E-state index contributed by atoms with van der Waals surface area (Å²) in [7, 11) is 0. The molecule has 160 valence electrons. The standard InChI is InChI=1S/C26H34N2O2/c1-21-6-5-15-28(19-21)20-23-11-9-22(10-12-23)18-27-25(29)26(13-16-30-17-14-26)24-7-3-2-4-8-24/h2-4,7-12,21H,5-6,13-20H2,1H3,(H,27,29). The molecule has 4 rings (SSSR count). The van der Waals surface area contributed by atoms with E-state index in [9.17, 15) is 4.79 Å². The van der Waals surface area contributed by atoms with Crippen LogP contribution >= 0.6 is 0 Å². The van der Waals surface area contributed by atoms with Crippen molar-refractivity contribution in [3.05, 3.63) is 71.3 Å². The van der Waals surface area contributed by atoms with Gasteiger partial charge in [-0.2, -0.15) is 0 Å². The van der Waals surface area contributed by atoms with Gasteiger partial charge in [-0.05, 0) is 54.8 Å². The Hall–Kier alpha value is -2.17. The Morgan fingerprint density at radius 2 is 1.77 bits per heavy atom. The number of amides is 1. The van der Waals surface area contributed by atoms with Crippen LogP contribution in [0.3, 0.4) is 0 Å². The Balaban J connectivity index is 1.37. The van der Waals surface area contributed by atoms with Gasteiger partial charge in [-0.25, -0.2) is 0 Å². The molecule has 2 aliphatic rings. The van der Waals surface area contributed by atoms with Gasteiger partial charge < -0.3 is 10.1 Å². The Bertz CT molecular complexity index is 813. The SMILES string of the molecule is CC1CCCN(Cc2ccc(CNC(=O)C3(c4ccccc4)CCOCC3)cc2)C1. The van der Waals surface area contributed by atoms with Gasteiger partial charge in [-0.3, -0.25) is 9.69 Å². The first-order valence-corrected chi connectivity index (χ1v) is 11.4. The zero-order valence-electron chi connectivity index (χ0n) is 18.1. The monoisotopic (exact) mass is 406 g/mol. The number of piperidine rings is 1. The van der Waals surface area contributed by atoms with Crippen LogP contribution in [0.5, 0.6) is 0 Å². The molecule has 2 fully saturated rings. The second kappa shape index (κ2) is 9.76. The molecule has 0 spiro atoms. The van der Waals surface area contributed by atoms with E-state index in [1.807, 2.05) is 18.2 Å². The summed E-state index contributed by atoms with van der Waals surface area (Å²) in [4.78, 5) is 15.8. The number of likely N-dealkylation sites (tertiary alicyclic amines) is 1. The average molecular weight is 407 g/mol. The van der Waals surface area contributed by atoms with E-state index in [4.69, 9.17) is 4.74 Å². The fourth-order valence-electron chi connectivity index (χ4n) is 4.93. The maximum absolute atomic E-state index is 13.3. The molecule has 1 amide bonds. The molecule has 0 aliphatic carbocycles. The lowest BCUT2D eigenvalue weighted by Gasteiger charge is -2.36. The zero-order chi connectivity index (χ0) is 20.8. The van der Waals surface area contributed by atoms with E-state index in [0.29, 0.717) is 19.8 Å². The summed E-state index contributed by atoms with van der Waals surface area (Å²) in [5, 5.41) is 3.21. The lowest BCUT2D eigenvalue weighted by atomic mass is 9.73. The molecule has 2 heterocycles. The predicted molar refractivity (Wildman–Crippen MR) is 120 cm³/mol. The molecule has 0 aromatic heterocycles. The third-order valence-electron chi connectivity index (χ3n) is 6.73. The summed E-state index contributed by atoms with van der Waals surface area (Å²) < 4.78 is 5.56. The molecule has 4 heteroatoms. The molecule has 2 aliphatic heterocycles. The number of carbonyl (C=O) groups is 1. The topological polar surface area (TPSA) is 41.6 Å². The van der Waals surface area contributed by atoms with Gasteiger partial charge in [0.15, 0.2) is 0 Å². The second-order valence-corrected chi connectivity index (χ2v) is 9.04. The summed E-state index contributed by atoms with van der Waals surface area (Å²) in [5.41, 5.74) is 3.11. The van der Waals surface area contributed by atoms with Gasteiger partial charge in [0.1, 0.15) is 0 Å². The van der Waals surface area contributed by atoms with Crippen LogP contribution < -0.4 is 5.32 Å². The van der Waals surface area contributed by atoms with Crippen molar-refractivity contribution in [1.29, 1.82) is 0 Å². The molecule has 0 bridgehead atoms. The number of rotatable bonds is 6. The fraction of sp³-hybridized carbons (Fsp3) is 0.500. The highest BCUT2D eigenvalue weighted by Crippen LogP contribution is 2.35. The van der Waals surface area contributed by atoms with E-state index in [0.717, 1.165) is 36.4 Å². The third kappa shape index (κ3) is 4.93. The van der Waals surface area contributed by atoms with E-state index in [1.54, 1.807) is 0 Å². The normalized spacial score (nSPS) is 21.8. The molecule has 2 saturated heterocycles. The van der Waals surface area contributed by atoms with Crippen LogP contribution in [0.15, 0.2) is 54.6 Å². The molecule has 30 heavy (non-hydrogen) atoms. The highest BCUT2D eigenvalue weighted by atomic mass is 16.5. The van der Waals surface area contributed by atoms with Gasteiger partial charge in [-0.15, -0.1) is 0 Å². The summed E-state index contributed by atoms with van der Waals surface area (Å²) in [6, 6.07) is 18.9. The Morgan fingerprint density at radius 1 is 1.07 bits per heavy atom. The summed E-state index contributed by atoms with van der Waals surface area (Å²) >= 11 is 0. The van der Waals surface area contributed by atoms with Crippen LogP contribution in [0.1, 0.15) is 49.3 Å². The molecule has 2 aromatic rings. The highest BCUT2D eigenvalue weighted by molar-refractivity contribution is 5.88. The van der Waals surface area contributed by atoms with E-state index >= 15 is 0 Å². The van der Waals surface area contributed by atoms with E-state index in [-0.39, 0.29) is 5.91 Å². The van der Waals surface area contributed by atoms with Crippen LogP contribution in [0, 0.1) is 5.92 Å². The Kier molecular flexibility index (Phi) is 6.86. The number of nitrogens with one attached hydrogen (secondary N) is 1. The van der Waals surface area contributed by atoms with Crippen molar-refractivity contribution in [2.75, 3.05) is 26.3 Å². The molecular weight excluding hydrogens is 372 g/mol. The van der Waals surface area contributed by atoms with Crippen LogP contribution in [0.2, 0.25) is 0 Å². The minimum Gasteiger partial charge on any atom is -0.381 e. The van der Waals surface area contributed by atoms with Gasteiger partial charge in [0, 0.05) is 32.8 Å². The number of hydrogen-bond acceptors (Lipinski definition) is 3. The zero-order valence-corrected chi connectivity index (χ0v) is 18.1.